The zero-order valence-corrected chi connectivity index (χ0v) is 14.2. The van der Waals surface area contributed by atoms with Crippen LogP contribution < -0.4 is 5.32 Å². The smallest absolute Gasteiger partial charge is 0.224 e. The van der Waals surface area contributed by atoms with Crippen molar-refractivity contribution in [3.05, 3.63) is 36.7 Å². The molecule has 1 aromatic heterocycles. The topological polar surface area (TPSA) is 78.1 Å². The monoisotopic (exact) mass is 328 g/mol. The summed E-state index contributed by atoms with van der Waals surface area (Å²) < 4.78 is 0. The molecule has 0 saturated carbocycles. The van der Waals surface area contributed by atoms with E-state index in [2.05, 4.69) is 15.3 Å². The lowest BCUT2D eigenvalue weighted by atomic mass is 10.2. The molecule has 0 fully saturated rings. The molecule has 0 aliphatic heterocycles. The van der Waals surface area contributed by atoms with Crippen molar-refractivity contribution in [1.29, 1.82) is 0 Å². The van der Waals surface area contributed by atoms with Gasteiger partial charge < -0.3 is 15.2 Å². The molecular formula is C18H24N4O2. The van der Waals surface area contributed by atoms with Crippen molar-refractivity contribution >= 4 is 17.5 Å². The van der Waals surface area contributed by atoms with E-state index >= 15 is 0 Å². The third-order valence-electron chi connectivity index (χ3n) is 3.85. The second-order valence-corrected chi connectivity index (χ2v) is 5.48. The molecule has 0 aliphatic rings. The fourth-order valence-corrected chi connectivity index (χ4v) is 2.49. The number of hydrogen-bond acceptors (Lipinski definition) is 3. The summed E-state index contributed by atoms with van der Waals surface area (Å²) in [6.07, 6.45) is 4.78. The van der Waals surface area contributed by atoms with Crippen LogP contribution in [0.2, 0.25) is 0 Å². The summed E-state index contributed by atoms with van der Waals surface area (Å²) in [7, 11) is 0. The molecule has 0 bridgehead atoms. The first-order valence-electron chi connectivity index (χ1n) is 8.31. The van der Waals surface area contributed by atoms with Crippen LogP contribution in [0, 0.1) is 0 Å². The maximum Gasteiger partial charge on any atom is 0.224 e. The molecule has 6 nitrogen and oxygen atoms in total. The van der Waals surface area contributed by atoms with Gasteiger partial charge in [0.2, 0.25) is 11.8 Å². The lowest BCUT2D eigenvalue weighted by Gasteiger charge is -2.18. The van der Waals surface area contributed by atoms with E-state index < -0.39 is 0 Å². The Labute approximate surface area is 142 Å². The number of benzene rings is 1. The van der Waals surface area contributed by atoms with E-state index in [0.29, 0.717) is 32.4 Å². The van der Waals surface area contributed by atoms with Gasteiger partial charge >= 0.3 is 0 Å². The summed E-state index contributed by atoms with van der Waals surface area (Å²) >= 11 is 0. The van der Waals surface area contributed by atoms with Crippen LogP contribution in [0.15, 0.2) is 36.7 Å². The van der Waals surface area contributed by atoms with Gasteiger partial charge in [-0.25, -0.2) is 4.98 Å². The van der Waals surface area contributed by atoms with Crippen molar-refractivity contribution in [3.8, 4) is 11.4 Å². The van der Waals surface area contributed by atoms with Gasteiger partial charge in [-0.3, -0.25) is 9.59 Å². The van der Waals surface area contributed by atoms with Gasteiger partial charge in [0.25, 0.3) is 0 Å². The molecule has 2 N–H and O–H groups in total. The quantitative estimate of drug-likeness (QED) is 0.782. The van der Waals surface area contributed by atoms with E-state index in [9.17, 15) is 9.59 Å². The molecule has 0 spiro atoms. The van der Waals surface area contributed by atoms with Crippen molar-refractivity contribution in [2.75, 3.05) is 18.4 Å². The number of carbonyl (C=O) groups is 2. The van der Waals surface area contributed by atoms with Gasteiger partial charge in [0, 0.05) is 49.6 Å². The van der Waals surface area contributed by atoms with Gasteiger partial charge in [-0.05, 0) is 44.5 Å². The first kappa shape index (κ1) is 17.7. The third-order valence-corrected chi connectivity index (χ3v) is 3.85. The van der Waals surface area contributed by atoms with Crippen LogP contribution in [-0.2, 0) is 9.59 Å². The predicted molar refractivity (Wildman–Crippen MR) is 94.4 cm³/mol. The van der Waals surface area contributed by atoms with E-state index in [0.717, 1.165) is 17.1 Å². The van der Waals surface area contributed by atoms with Gasteiger partial charge in [0.05, 0.1) is 0 Å². The van der Waals surface area contributed by atoms with E-state index in [1.807, 2.05) is 38.1 Å². The number of amides is 2. The predicted octanol–water partition coefficient (Wildman–Crippen LogP) is 3.05. The highest BCUT2D eigenvalue weighted by molar-refractivity contribution is 5.91. The highest BCUT2D eigenvalue weighted by Gasteiger charge is 2.10. The molecule has 1 aromatic carbocycles. The summed E-state index contributed by atoms with van der Waals surface area (Å²) in [4.78, 5) is 32.8. The Kier molecular flexibility index (Phi) is 6.54. The summed E-state index contributed by atoms with van der Waals surface area (Å²) in [6.45, 7) is 5.34. The molecule has 2 aromatic rings. The number of H-pyrrole nitrogens is 1. The minimum absolute atomic E-state index is 0.0758. The Morgan fingerprint density at radius 3 is 2.42 bits per heavy atom. The van der Waals surface area contributed by atoms with Crippen molar-refractivity contribution in [3.63, 3.8) is 0 Å². The fraction of sp³-hybridized carbons (Fsp3) is 0.389. The molecule has 128 valence electrons. The fourth-order valence-electron chi connectivity index (χ4n) is 2.49. The summed E-state index contributed by atoms with van der Waals surface area (Å²) in [5.41, 5.74) is 1.70. The molecule has 6 heteroatoms. The Hall–Kier alpha value is -2.63. The maximum atomic E-state index is 12.0. The van der Waals surface area contributed by atoms with Crippen molar-refractivity contribution in [2.24, 2.45) is 0 Å². The minimum atomic E-state index is -0.0758. The molecular weight excluding hydrogens is 304 g/mol. The van der Waals surface area contributed by atoms with E-state index in [4.69, 9.17) is 0 Å². The van der Waals surface area contributed by atoms with Crippen LogP contribution in [0.3, 0.4) is 0 Å². The summed E-state index contributed by atoms with van der Waals surface area (Å²) in [6, 6.07) is 7.49. The summed E-state index contributed by atoms with van der Waals surface area (Å²) in [5.74, 6) is 0.825. The molecule has 2 rings (SSSR count). The molecule has 24 heavy (non-hydrogen) atoms. The zero-order chi connectivity index (χ0) is 17.4. The SMILES string of the molecule is CCN(CC)C(=O)CCCC(=O)Nc1ccc(-c2ncc[nH]2)cc1. The number of hydrogen-bond donors (Lipinski definition) is 2. The van der Waals surface area contributed by atoms with Crippen LogP contribution in [0.4, 0.5) is 5.69 Å². The van der Waals surface area contributed by atoms with Gasteiger partial charge in [-0.15, -0.1) is 0 Å². The van der Waals surface area contributed by atoms with Crippen molar-refractivity contribution < 1.29 is 9.59 Å². The first-order valence-corrected chi connectivity index (χ1v) is 8.31. The number of rotatable bonds is 8. The number of carbonyl (C=O) groups excluding carboxylic acids is 2. The molecule has 0 aliphatic carbocycles. The Morgan fingerprint density at radius 2 is 1.83 bits per heavy atom. The van der Waals surface area contributed by atoms with E-state index in [-0.39, 0.29) is 11.8 Å². The molecule has 0 unspecified atom stereocenters. The largest absolute Gasteiger partial charge is 0.345 e. The first-order chi connectivity index (χ1) is 11.6. The number of aromatic amines is 1. The van der Waals surface area contributed by atoms with Crippen LogP contribution >= 0.6 is 0 Å². The number of anilines is 1. The van der Waals surface area contributed by atoms with Crippen LogP contribution in [0.1, 0.15) is 33.1 Å². The second kappa shape index (κ2) is 8.86. The molecule has 1 heterocycles. The number of nitrogens with zero attached hydrogens (tertiary/aromatic N) is 2. The van der Waals surface area contributed by atoms with E-state index in [1.165, 1.54) is 0 Å². The minimum Gasteiger partial charge on any atom is -0.345 e. The lowest BCUT2D eigenvalue weighted by Crippen LogP contribution is -2.30. The molecule has 0 radical (unpaired) electrons. The Balaban J connectivity index is 1.77. The van der Waals surface area contributed by atoms with E-state index in [1.54, 1.807) is 17.3 Å². The number of nitrogens with one attached hydrogen (secondary N) is 2. The second-order valence-electron chi connectivity index (χ2n) is 5.48. The summed E-state index contributed by atoms with van der Waals surface area (Å²) in [5, 5.41) is 2.85. The van der Waals surface area contributed by atoms with Crippen LogP contribution in [-0.4, -0.2) is 39.8 Å². The zero-order valence-electron chi connectivity index (χ0n) is 14.2. The average Bonchev–Trinajstić information content (AvgIpc) is 3.11. The maximum absolute atomic E-state index is 12.0. The van der Waals surface area contributed by atoms with Crippen LogP contribution in [0.25, 0.3) is 11.4 Å². The highest BCUT2D eigenvalue weighted by atomic mass is 16.2. The van der Waals surface area contributed by atoms with Crippen LogP contribution in [0.5, 0.6) is 0 Å². The molecule has 0 atom stereocenters. The normalized spacial score (nSPS) is 10.4. The highest BCUT2D eigenvalue weighted by Crippen LogP contribution is 2.17. The average molecular weight is 328 g/mol. The van der Waals surface area contributed by atoms with Gasteiger partial charge in [0.15, 0.2) is 0 Å². The van der Waals surface area contributed by atoms with Gasteiger partial charge in [-0.1, -0.05) is 0 Å². The van der Waals surface area contributed by atoms with Crippen molar-refractivity contribution in [1.82, 2.24) is 14.9 Å². The standard InChI is InChI=1S/C18H24N4O2/c1-3-22(4-2)17(24)7-5-6-16(23)21-15-10-8-14(9-11-15)18-19-12-13-20-18/h8-13H,3-7H2,1-2H3,(H,19,20)(H,21,23). The van der Waals surface area contributed by atoms with Gasteiger partial charge in [0.1, 0.15) is 5.82 Å². The third kappa shape index (κ3) is 4.94. The number of imidazole rings is 1. The van der Waals surface area contributed by atoms with Crippen molar-refractivity contribution in [2.45, 2.75) is 33.1 Å². The molecule has 2 amide bonds. The lowest BCUT2D eigenvalue weighted by molar-refractivity contribution is -0.130. The molecule has 0 saturated heterocycles. The number of aromatic nitrogens is 2. The van der Waals surface area contributed by atoms with Gasteiger partial charge in [-0.2, -0.15) is 0 Å². The Morgan fingerprint density at radius 1 is 1.12 bits per heavy atom. The Bertz CT molecular complexity index is 646.